The summed E-state index contributed by atoms with van der Waals surface area (Å²) in [5, 5.41) is 3.14. The summed E-state index contributed by atoms with van der Waals surface area (Å²) in [6.07, 6.45) is -2.53. The number of nitrogens with zero attached hydrogens (tertiary/aromatic N) is 1. The molecule has 2 saturated heterocycles. The van der Waals surface area contributed by atoms with Gasteiger partial charge in [-0.05, 0) is 39.7 Å². The maximum atomic E-state index is 13.0. The Morgan fingerprint density at radius 3 is 2.47 bits per heavy atom. The molecule has 3 nitrogen and oxygen atoms in total. The summed E-state index contributed by atoms with van der Waals surface area (Å²) in [4.78, 5) is 13.9. The molecule has 0 aromatic heterocycles. The third kappa shape index (κ3) is 2.73. The lowest BCUT2D eigenvalue weighted by atomic mass is 9.87. The molecule has 0 aliphatic carbocycles. The maximum Gasteiger partial charge on any atom is 0.394 e. The Bertz CT molecular complexity index is 348. The van der Waals surface area contributed by atoms with Crippen molar-refractivity contribution in [2.75, 3.05) is 19.6 Å². The van der Waals surface area contributed by atoms with Crippen LogP contribution in [-0.2, 0) is 4.79 Å². The van der Waals surface area contributed by atoms with E-state index in [1.165, 1.54) is 18.7 Å². The fourth-order valence-corrected chi connectivity index (χ4v) is 3.33. The summed E-state index contributed by atoms with van der Waals surface area (Å²) in [6.45, 7) is 4.76. The lowest BCUT2D eigenvalue weighted by molar-refractivity contribution is -0.192. The van der Waals surface area contributed by atoms with Gasteiger partial charge < -0.3 is 10.2 Å². The fourth-order valence-electron chi connectivity index (χ4n) is 3.33. The summed E-state index contributed by atoms with van der Waals surface area (Å²) >= 11 is 0. The number of carbonyl (C=O) groups excluding carboxylic acids is 1. The van der Waals surface area contributed by atoms with Gasteiger partial charge in [0.1, 0.15) is 0 Å². The smallest absolute Gasteiger partial charge is 0.337 e. The summed E-state index contributed by atoms with van der Waals surface area (Å²) < 4.78 is 39.0. The highest BCUT2D eigenvalue weighted by Gasteiger charge is 2.56. The van der Waals surface area contributed by atoms with Crippen LogP contribution < -0.4 is 5.32 Å². The van der Waals surface area contributed by atoms with Crippen molar-refractivity contribution in [2.45, 2.75) is 44.8 Å². The SMILES string of the molecule is CC1(C)C(C(F)(F)F)CCN1C(=O)C1CCCNC1. The second-order valence-electron chi connectivity index (χ2n) is 6.07. The van der Waals surface area contributed by atoms with Gasteiger partial charge >= 0.3 is 6.18 Å². The number of hydrogen-bond donors (Lipinski definition) is 1. The molecule has 6 heteroatoms. The Hall–Kier alpha value is -0.780. The van der Waals surface area contributed by atoms with Crippen LogP contribution in [0.2, 0.25) is 0 Å². The molecule has 2 rings (SSSR count). The first-order valence-corrected chi connectivity index (χ1v) is 6.83. The monoisotopic (exact) mass is 278 g/mol. The summed E-state index contributed by atoms with van der Waals surface area (Å²) in [7, 11) is 0. The lowest BCUT2D eigenvalue weighted by Gasteiger charge is -2.39. The van der Waals surface area contributed by atoms with E-state index in [0.717, 1.165) is 19.4 Å². The first-order valence-electron chi connectivity index (χ1n) is 6.83. The predicted octanol–water partition coefficient (Wildman–Crippen LogP) is 2.18. The normalized spacial score (nSPS) is 31.5. The summed E-state index contributed by atoms with van der Waals surface area (Å²) in [5.74, 6) is -1.70. The van der Waals surface area contributed by atoms with Gasteiger partial charge in [-0.3, -0.25) is 4.79 Å². The molecule has 2 aliphatic heterocycles. The molecule has 19 heavy (non-hydrogen) atoms. The molecule has 0 radical (unpaired) electrons. The number of piperidine rings is 1. The average Bonchev–Trinajstić information content (AvgIpc) is 2.64. The van der Waals surface area contributed by atoms with E-state index < -0.39 is 17.6 Å². The second-order valence-corrected chi connectivity index (χ2v) is 6.07. The van der Waals surface area contributed by atoms with Crippen molar-refractivity contribution < 1.29 is 18.0 Å². The van der Waals surface area contributed by atoms with Crippen molar-refractivity contribution in [3.63, 3.8) is 0 Å². The zero-order valence-electron chi connectivity index (χ0n) is 11.4. The van der Waals surface area contributed by atoms with Gasteiger partial charge in [-0.1, -0.05) is 0 Å². The Labute approximate surface area is 111 Å². The minimum atomic E-state index is -4.23. The minimum Gasteiger partial charge on any atom is -0.337 e. The molecule has 2 fully saturated rings. The number of likely N-dealkylation sites (tertiary alicyclic amines) is 1. The molecule has 0 bridgehead atoms. The number of halogens is 3. The van der Waals surface area contributed by atoms with Crippen LogP contribution in [0, 0.1) is 11.8 Å². The van der Waals surface area contributed by atoms with Crippen molar-refractivity contribution >= 4 is 5.91 Å². The zero-order valence-corrected chi connectivity index (χ0v) is 11.4. The lowest BCUT2D eigenvalue weighted by Crippen LogP contribution is -2.53. The highest BCUT2D eigenvalue weighted by Crippen LogP contribution is 2.45. The Morgan fingerprint density at radius 2 is 2.00 bits per heavy atom. The largest absolute Gasteiger partial charge is 0.394 e. The van der Waals surface area contributed by atoms with Crippen LogP contribution in [0.15, 0.2) is 0 Å². The van der Waals surface area contributed by atoms with E-state index >= 15 is 0 Å². The maximum absolute atomic E-state index is 13.0. The molecule has 110 valence electrons. The molecule has 2 heterocycles. The average molecular weight is 278 g/mol. The van der Waals surface area contributed by atoms with Crippen molar-refractivity contribution in [1.82, 2.24) is 10.2 Å². The van der Waals surface area contributed by atoms with Gasteiger partial charge in [0.15, 0.2) is 0 Å². The van der Waals surface area contributed by atoms with Gasteiger partial charge in [0, 0.05) is 18.6 Å². The number of amides is 1. The topological polar surface area (TPSA) is 32.3 Å². The minimum absolute atomic E-state index is 0.0163. The third-order valence-corrected chi connectivity index (χ3v) is 4.50. The van der Waals surface area contributed by atoms with Crippen LogP contribution >= 0.6 is 0 Å². The van der Waals surface area contributed by atoms with Crippen LogP contribution in [0.25, 0.3) is 0 Å². The van der Waals surface area contributed by atoms with Gasteiger partial charge in [-0.2, -0.15) is 13.2 Å². The van der Waals surface area contributed by atoms with E-state index in [9.17, 15) is 18.0 Å². The predicted molar refractivity (Wildman–Crippen MR) is 65.5 cm³/mol. The zero-order chi connectivity index (χ0) is 14.3. The van der Waals surface area contributed by atoms with Gasteiger partial charge in [-0.15, -0.1) is 0 Å². The number of rotatable bonds is 1. The molecular formula is C13H21F3N2O. The number of hydrogen-bond acceptors (Lipinski definition) is 2. The highest BCUT2D eigenvalue weighted by atomic mass is 19.4. The van der Waals surface area contributed by atoms with Crippen molar-refractivity contribution in [2.24, 2.45) is 11.8 Å². The van der Waals surface area contributed by atoms with Gasteiger partial charge in [0.05, 0.1) is 11.8 Å². The van der Waals surface area contributed by atoms with Crippen LogP contribution in [-0.4, -0.2) is 42.2 Å². The second kappa shape index (κ2) is 4.96. The molecule has 0 saturated carbocycles. The van der Waals surface area contributed by atoms with Crippen molar-refractivity contribution in [1.29, 1.82) is 0 Å². The highest BCUT2D eigenvalue weighted by molar-refractivity contribution is 5.80. The van der Waals surface area contributed by atoms with E-state index in [4.69, 9.17) is 0 Å². The van der Waals surface area contributed by atoms with Gasteiger partial charge in [0.25, 0.3) is 0 Å². The molecule has 0 aromatic carbocycles. The molecular weight excluding hydrogens is 257 g/mol. The Balaban J connectivity index is 2.11. The third-order valence-electron chi connectivity index (χ3n) is 4.50. The number of nitrogens with one attached hydrogen (secondary N) is 1. The van der Waals surface area contributed by atoms with Crippen LogP contribution in [0.1, 0.15) is 33.1 Å². The van der Waals surface area contributed by atoms with E-state index in [2.05, 4.69) is 5.32 Å². The quantitative estimate of drug-likeness (QED) is 0.797. The fraction of sp³-hybridized carbons (Fsp3) is 0.923. The van der Waals surface area contributed by atoms with Crippen LogP contribution in [0.5, 0.6) is 0 Å². The first kappa shape index (κ1) is 14.6. The van der Waals surface area contributed by atoms with Crippen molar-refractivity contribution in [3.8, 4) is 0 Å². The van der Waals surface area contributed by atoms with Gasteiger partial charge in [0.2, 0.25) is 5.91 Å². The number of alkyl halides is 3. The van der Waals surface area contributed by atoms with E-state index in [1.54, 1.807) is 0 Å². The Morgan fingerprint density at radius 1 is 1.32 bits per heavy atom. The molecule has 0 aromatic rings. The van der Waals surface area contributed by atoms with E-state index in [-0.39, 0.29) is 24.8 Å². The van der Waals surface area contributed by atoms with E-state index in [1.807, 2.05) is 0 Å². The van der Waals surface area contributed by atoms with Crippen molar-refractivity contribution in [3.05, 3.63) is 0 Å². The van der Waals surface area contributed by atoms with E-state index in [0.29, 0.717) is 6.54 Å². The molecule has 2 atom stereocenters. The molecule has 1 amide bonds. The molecule has 2 aliphatic rings. The molecule has 0 spiro atoms. The van der Waals surface area contributed by atoms with Gasteiger partial charge in [-0.25, -0.2) is 0 Å². The molecule has 1 N–H and O–H groups in total. The Kier molecular flexibility index (Phi) is 3.82. The molecule has 2 unspecified atom stereocenters. The summed E-state index contributed by atoms with van der Waals surface area (Å²) in [6, 6.07) is 0. The standard InChI is InChI=1S/C13H21F3N2O/c1-12(2)10(13(14,15)16)5-7-18(12)11(19)9-4-3-6-17-8-9/h9-10,17H,3-8H2,1-2H3. The van der Waals surface area contributed by atoms with Crippen LogP contribution in [0.4, 0.5) is 13.2 Å². The summed E-state index contributed by atoms with van der Waals surface area (Å²) in [5.41, 5.74) is -1.13. The first-order chi connectivity index (χ1) is 8.74. The number of carbonyl (C=O) groups is 1. The van der Waals surface area contributed by atoms with Crippen LogP contribution in [0.3, 0.4) is 0 Å².